The van der Waals surface area contributed by atoms with Crippen molar-refractivity contribution >= 4 is 28.7 Å². The van der Waals surface area contributed by atoms with Gasteiger partial charge in [-0.1, -0.05) is 23.7 Å². The fraction of sp³-hybridized carbons (Fsp3) is 0.294. The molecule has 1 saturated heterocycles. The minimum absolute atomic E-state index is 0.0926. The van der Waals surface area contributed by atoms with E-state index < -0.39 is 4.92 Å². The summed E-state index contributed by atoms with van der Waals surface area (Å²) < 4.78 is 5.35. The van der Waals surface area contributed by atoms with Gasteiger partial charge in [0.2, 0.25) is 0 Å². The lowest BCUT2D eigenvalue weighted by atomic mass is 10.2. The molecule has 7 heteroatoms. The molecular weight excluding hydrogens is 330 g/mol. The lowest BCUT2D eigenvalue weighted by Gasteiger charge is -2.29. The van der Waals surface area contributed by atoms with E-state index in [0.717, 1.165) is 30.0 Å². The molecule has 1 aliphatic heterocycles. The van der Waals surface area contributed by atoms with Crippen molar-refractivity contribution in [3.8, 4) is 0 Å². The first-order valence-corrected chi connectivity index (χ1v) is 8.11. The SMILES string of the molecule is O=[N+]([O-])c1cccc(CNc2ccc(N3CCOCC3)c(Cl)c2)c1. The number of hydrogen-bond acceptors (Lipinski definition) is 5. The Hall–Kier alpha value is -2.31. The second-order valence-electron chi connectivity index (χ2n) is 5.55. The number of nitro benzene ring substituents is 1. The van der Waals surface area contributed by atoms with Crippen LogP contribution in [-0.2, 0) is 11.3 Å². The third kappa shape index (κ3) is 3.96. The lowest BCUT2D eigenvalue weighted by molar-refractivity contribution is -0.384. The van der Waals surface area contributed by atoms with Crippen LogP contribution in [0.15, 0.2) is 42.5 Å². The van der Waals surface area contributed by atoms with E-state index in [2.05, 4.69) is 10.2 Å². The maximum absolute atomic E-state index is 10.8. The number of rotatable bonds is 5. The van der Waals surface area contributed by atoms with Crippen LogP contribution in [0.5, 0.6) is 0 Å². The van der Waals surface area contributed by atoms with Crippen LogP contribution in [0.2, 0.25) is 5.02 Å². The third-order valence-corrected chi connectivity index (χ3v) is 4.22. The fourth-order valence-electron chi connectivity index (χ4n) is 2.66. The molecule has 2 aromatic rings. The first-order chi connectivity index (χ1) is 11.6. The zero-order valence-corrected chi connectivity index (χ0v) is 13.8. The highest BCUT2D eigenvalue weighted by Crippen LogP contribution is 2.29. The van der Waals surface area contributed by atoms with Gasteiger partial charge in [-0.2, -0.15) is 0 Å². The van der Waals surface area contributed by atoms with Crippen molar-refractivity contribution in [3.63, 3.8) is 0 Å². The molecule has 126 valence electrons. The number of halogens is 1. The molecule has 1 N–H and O–H groups in total. The number of nitrogens with zero attached hydrogens (tertiary/aromatic N) is 2. The number of morpholine rings is 1. The van der Waals surface area contributed by atoms with E-state index in [4.69, 9.17) is 16.3 Å². The molecule has 2 aromatic carbocycles. The molecule has 24 heavy (non-hydrogen) atoms. The molecule has 0 aliphatic carbocycles. The zero-order chi connectivity index (χ0) is 16.9. The fourth-order valence-corrected chi connectivity index (χ4v) is 2.96. The Morgan fingerprint density at radius 3 is 2.71 bits per heavy atom. The number of non-ortho nitro benzene ring substituents is 1. The molecule has 0 aromatic heterocycles. The van der Waals surface area contributed by atoms with Gasteiger partial charge in [-0.15, -0.1) is 0 Å². The molecule has 1 aliphatic rings. The van der Waals surface area contributed by atoms with E-state index in [1.165, 1.54) is 6.07 Å². The summed E-state index contributed by atoms with van der Waals surface area (Å²) in [5.74, 6) is 0. The van der Waals surface area contributed by atoms with Crippen LogP contribution in [0.1, 0.15) is 5.56 Å². The van der Waals surface area contributed by atoms with Crippen LogP contribution in [-0.4, -0.2) is 31.2 Å². The molecule has 0 unspecified atom stereocenters. The van der Waals surface area contributed by atoms with E-state index in [1.54, 1.807) is 12.1 Å². The molecule has 3 rings (SSSR count). The summed E-state index contributed by atoms with van der Waals surface area (Å²) in [5, 5.41) is 14.7. The van der Waals surface area contributed by atoms with E-state index in [9.17, 15) is 10.1 Å². The first-order valence-electron chi connectivity index (χ1n) is 7.73. The molecule has 0 saturated carbocycles. The standard InChI is InChI=1S/C17H18ClN3O3/c18-16-11-14(4-5-17(16)20-6-8-24-9-7-20)19-12-13-2-1-3-15(10-13)21(22)23/h1-5,10-11,19H,6-9,12H2. The zero-order valence-electron chi connectivity index (χ0n) is 13.1. The number of anilines is 2. The van der Waals surface area contributed by atoms with Gasteiger partial charge in [0.1, 0.15) is 0 Å². The van der Waals surface area contributed by atoms with Crippen molar-refractivity contribution < 1.29 is 9.66 Å². The van der Waals surface area contributed by atoms with Crippen LogP contribution < -0.4 is 10.2 Å². The van der Waals surface area contributed by atoms with Gasteiger partial charge in [-0.05, 0) is 23.8 Å². The van der Waals surface area contributed by atoms with Crippen LogP contribution in [0.3, 0.4) is 0 Å². The molecule has 6 nitrogen and oxygen atoms in total. The number of benzene rings is 2. The largest absolute Gasteiger partial charge is 0.381 e. The molecule has 0 radical (unpaired) electrons. The third-order valence-electron chi connectivity index (χ3n) is 3.92. The molecule has 1 fully saturated rings. The minimum atomic E-state index is -0.391. The van der Waals surface area contributed by atoms with E-state index in [1.807, 2.05) is 24.3 Å². The van der Waals surface area contributed by atoms with Gasteiger partial charge >= 0.3 is 0 Å². The Balaban J connectivity index is 1.66. The summed E-state index contributed by atoms with van der Waals surface area (Å²) >= 11 is 6.40. The Kier molecular flexibility index (Phi) is 5.17. The Morgan fingerprint density at radius 1 is 1.21 bits per heavy atom. The van der Waals surface area contributed by atoms with Crippen molar-refractivity contribution in [2.75, 3.05) is 36.5 Å². The van der Waals surface area contributed by atoms with Crippen molar-refractivity contribution in [2.45, 2.75) is 6.54 Å². The summed E-state index contributed by atoms with van der Waals surface area (Å²) in [6.45, 7) is 3.58. The van der Waals surface area contributed by atoms with Gasteiger partial charge in [0.25, 0.3) is 5.69 Å². The highest BCUT2D eigenvalue weighted by Gasteiger charge is 2.14. The topological polar surface area (TPSA) is 67.6 Å². The first kappa shape index (κ1) is 16.5. The quantitative estimate of drug-likeness (QED) is 0.660. The summed E-state index contributed by atoms with van der Waals surface area (Å²) in [4.78, 5) is 12.6. The highest BCUT2D eigenvalue weighted by atomic mass is 35.5. The molecule has 0 spiro atoms. The lowest BCUT2D eigenvalue weighted by Crippen LogP contribution is -2.36. The Labute approximate surface area is 145 Å². The Bertz CT molecular complexity index is 733. The van der Waals surface area contributed by atoms with Gasteiger partial charge in [-0.3, -0.25) is 10.1 Å². The van der Waals surface area contributed by atoms with Crippen molar-refractivity contribution in [1.82, 2.24) is 0 Å². The van der Waals surface area contributed by atoms with Crippen LogP contribution in [0, 0.1) is 10.1 Å². The van der Waals surface area contributed by atoms with Crippen LogP contribution in [0.4, 0.5) is 17.1 Å². The van der Waals surface area contributed by atoms with Gasteiger partial charge in [0.05, 0.1) is 28.8 Å². The van der Waals surface area contributed by atoms with Crippen molar-refractivity contribution in [2.24, 2.45) is 0 Å². The van der Waals surface area contributed by atoms with E-state index in [-0.39, 0.29) is 5.69 Å². The summed E-state index contributed by atoms with van der Waals surface area (Å²) in [6.07, 6.45) is 0. The summed E-state index contributed by atoms with van der Waals surface area (Å²) in [5.41, 5.74) is 2.82. The van der Waals surface area contributed by atoms with Crippen LogP contribution in [0.25, 0.3) is 0 Å². The number of nitrogens with one attached hydrogen (secondary N) is 1. The molecule has 0 amide bonds. The van der Waals surface area contributed by atoms with Gasteiger partial charge in [0, 0.05) is 37.5 Å². The van der Waals surface area contributed by atoms with E-state index in [0.29, 0.717) is 24.8 Å². The monoisotopic (exact) mass is 347 g/mol. The van der Waals surface area contributed by atoms with Gasteiger partial charge in [0.15, 0.2) is 0 Å². The average Bonchev–Trinajstić information content (AvgIpc) is 2.61. The number of hydrogen-bond donors (Lipinski definition) is 1. The molecule has 0 bridgehead atoms. The van der Waals surface area contributed by atoms with Gasteiger partial charge < -0.3 is 15.0 Å². The minimum Gasteiger partial charge on any atom is -0.381 e. The van der Waals surface area contributed by atoms with Crippen LogP contribution >= 0.6 is 11.6 Å². The number of nitro groups is 1. The Morgan fingerprint density at radius 2 is 2.00 bits per heavy atom. The predicted octanol–water partition coefficient (Wildman–Crippen LogP) is 3.70. The van der Waals surface area contributed by atoms with Crippen molar-refractivity contribution in [3.05, 3.63) is 63.2 Å². The second-order valence-corrected chi connectivity index (χ2v) is 5.95. The second kappa shape index (κ2) is 7.51. The summed E-state index contributed by atoms with van der Waals surface area (Å²) in [6, 6.07) is 12.4. The van der Waals surface area contributed by atoms with E-state index >= 15 is 0 Å². The highest BCUT2D eigenvalue weighted by molar-refractivity contribution is 6.33. The molecular formula is C17H18ClN3O3. The smallest absolute Gasteiger partial charge is 0.269 e. The maximum atomic E-state index is 10.8. The van der Waals surface area contributed by atoms with Crippen molar-refractivity contribution in [1.29, 1.82) is 0 Å². The maximum Gasteiger partial charge on any atom is 0.269 e. The normalized spacial score (nSPS) is 14.5. The average molecular weight is 348 g/mol. The molecule has 1 heterocycles. The molecule has 0 atom stereocenters. The van der Waals surface area contributed by atoms with Gasteiger partial charge in [-0.25, -0.2) is 0 Å². The number of ether oxygens (including phenoxy) is 1. The predicted molar refractivity (Wildman–Crippen MR) is 94.9 cm³/mol. The summed E-state index contributed by atoms with van der Waals surface area (Å²) in [7, 11) is 0.